The minimum atomic E-state index is -2.31. The van der Waals surface area contributed by atoms with E-state index < -0.39 is 32.1 Å². The van der Waals surface area contributed by atoms with Crippen LogP contribution in [0.2, 0.25) is 5.02 Å². The SMILES string of the molecule is CC(C)(COC(=O)NC(=O)C(Cl)(Cl)Cl)Nc1nc(N2CCC=C(c3ncc(Cl)cn3)CC2)nc2c1S(=O)CC2. The van der Waals surface area contributed by atoms with Crippen LogP contribution in [0.4, 0.5) is 16.6 Å². The van der Waals surface area contributed by atoms with Gasteiger partial charge < -0.3 is 15.0 Å². The summed E-state index contributed by atoms with van der Waals surface area (Å²) in [5, 5.41) is 5.57. The van der Waals surface area contributed by atoms with E-state index in [9.17, 15) is 13.8 Å². The number of nitrogens with zero attached hydrogens (tertiary/aromatic N) is 5. The van der Waals surface area contributed by atoms with Crippen molar-refractivity contribution in [1.29, 1.82) is 0 Å². The van der Waals surface area contributed by atoms with Gasteiger partial charge >= 0.3 is 6.09 Å². The number of hydrogen-bond donors (Lipinski definition) is 2. The van der Waals surface area contributed by atoms with Crippen LogP contribution >= 0.6 is 46.4 Å². The van der Waals surface area contributed by atoms with E-state index in [4.69, 9.17) is 61.1 Å². The number of aryl methyl sites for hydroxylation is 1. The lowest BCUT2D eigenvalue weighted by atomic mass is 10.1. The van der Waals surface area contributed by atoms with E-state index in [-0.39, 0.29) is 6.61 Å². The van der Waals surface area contributed by atoms with Gasteiger partial charge in [0.2, 0.25) is 5.95 Å². The van der Waals surface area contributed by atoms with Gasteiger partial charge in [-0.3, -0.25) is 14.3 Å². The smallest absolute Gasteiger partial charge is 0.414 e. The van der Waals surface area contributed by atoms with E-state index in [2.05, 4.69) is 26.3 Å². The normalized spacial score (nSPS) is 17.6. The molecular weight excluding hydrogens is 612 g/mol. The highest BCUT2D eigenvalue weighted by Crippen LogP contribution is 2.32. The summed E-state index contributed by atoms with van der Waals surface area (Å²) in [5.74, 6) is 0.852. The maximum absolute atomic E-state index is 12.8. The van der Waals surface area contributed by atoms with Crippen LogP contribution in [0.5, 0.6) is 0 Å². The lowest BCUT2D eigenvalue weighted by Crippen LogP contribution is -2.43. The molecule has 2 aromatic heterocycles. The molecule has 11 nitrogen and oxygen atoms in total. The summed E-state index contributed by atoms with van der Waals surface area (Å²) in [7, 11) is -1.28. The van der Waals surface area contributed by atoms with E-state index in [1.165, 1.54) is 0 Å². The van der Waals surface area contributed by atoms with Crippen molar-refractivity contribution in [3.05, 3.63) is 35.0 Å². The Bertz CT molecular complexity index is 1320. The largest absolute Gasteiger partial charge is 0.447 e. The molecule has 2 N–H and O–H groups in total. The number of ether oxygens (including phenoxy) is 1. The molecule has 1 unspecified atom stereocenters. The predicted octanol–water partition coefficient (Wildman–Crippen LogP) is 4.08. The summed E-state index contributed by atoms with van der Waals surface area (Å²) in [6.07, 6.45) is 6.14. The average Bonchev–Trinajstić information content (AvgIpc) is 3.07. The number of rotatable bonds is 6. The van der Waals surface area contributed by atoms with Crippen LogP contribution in [0.25, 0.3) is 5.57 Å². The Balaban J connectivity index is 1.48. The van der Waals surface area contributed by atoms with Crippen molar-refractivity contribution < 1.29 is 18.5 Å². The van der Waals surface area contributed by atoms with E-state index in [1.807, 2.05) is 5.32 Å². The zero-order valence-electron chi connectivity index (χ0n) is 21.0. The molecule has 0 radical (unpaired) electrons. The molecule has 4 heterocycles. The molecule has 2 amide bonds. The molecule has 0 aromatic carbocycles. The van der Waals surface area contributed by atoms with Crippen molar-refractivity contribution in [2.24, 2.45) is 0 Å². The maximum Gasteiger partial charge on any atom is 0.414 e. The van der Waals surface area contributed by atoms with Crippen molar-refractivity contribution in [1.82, 2.24) is 25.3 Å². The summed E-state index contributed by atoms with van der Waals surface area (Å²) in [4.78, 5) is 44.4. The molecule has 2 aliphatic rings. The molecule has 210 valence electrons. The number of aromatic nitrogens is 4. The molecular formula is C23H25Cl4N7O4S. The van der Waals surface area contributed by atoms with Crippen LogP contribution in [0.1, 0.15) is 38.2 Å². The molecule has 0 fully saturated rings. The third kappa shape index (κ3) is 7.69. The van der Waals surface area contributed by atoms with Crippen molar-refractivity contribution in [2.45, 2.75) is 47.3 Å². The van der Waals surface area contributed by atoms with Gasteiger partial charge in [-0.15, -0.1) is 0 Å². The van der Waals surface area contributed by atoms with Gasteiger partial charge in [0, 0.05) is 37.7 Å². The van der Waals surface area contributed by atoms with Gasteiger partial charge in [0.05, 0.1) is 27.1 Å². The Hall–Kier alpha value is -2.25. The molecule has 16 heteroatoms. The number of nitrogens with one attached hydrogen (secondary N) is 2. The quantitative estimate of drug-likeness (QED) is 0.446. The van der Waals surface area contributed by atoms with Gasteiger partial charge in [0.15, 0.2) is 5.82 Å². The first-order valence-corrected chi connectivity index (χ1v) is 14.7. The van der Waals surface area contributed by atoms with Gasteiger partial charge in [0.1, 0.15) is 17.3 Å². The number of carbonyl (C=O) groups is 2. The van der Waals surface area contributed by atoms with Gasteiger partial charge in [-0.2, -0.15) is 4.98 Å². The highest BCUT2D eigenvalue weighted by Gasteiger charge is 2.34. The van der Waals surface area contributed by atoms with Crippen LogP contribution in [0.15, 0.2) is 23.4 Å². The number of carbonyl (C=O) groups excluding carboxylic acids is 2. The fraction of sp³-hybridized carbons (Fsp3) is 0.478. The first kappa shape index (κ1) is 29.7. The van der Waals surface area contributed by atoms with Crippen molar-refractivity contribution in [3.63, 3.8) is 0 Å². The summed E-state index contributed by atoms with van der Waals surface area (Å²) in [5.41, 5.74) is 0.855. The Labute approximate surface area is 247 Å². The van der Waals surface area contributed by atoms with Crippen molar-refractivity contribution in [2.75, 3.05) is 35.7 Å². The van der Waals surface area contributed by atoms with Crippen molar-refractivity contribution >= 4 is 86.5 Å². The van der Waals surface area contributed by atoms with E-state index >= 15 is 0 Å². The molecule has 0 spiro atoms. The molecule has 39 heavy (non-hydrogen) atoms. The summed E-state index contributed by atoms with van der Waals surface area (Å²) in [6, 6.07) is 0. The highest BCUT2D eigenvalue weighted by molar-refractivity contribution is 7.85. The van der Waals surface area contributed by atoms with Gasteiger partial charge in [0.25, 0.3) is 9.70 Å². The first-order chi connectivity index (χ1) is 18.3. The molecule has 1 atom stereocenters. The molecule has 2 aromatic rings. The lowest BCUT2D eigenvalue weighted by Gasteiger charge is -2.28. The van der Waals surface area contributed by atoms with Crippen LogP contribution in [0.3, 0.4) is 0 Å². The minimum Gasteiger partial charge on any atom is -0.447 e. The summed E-state index contributed by atoms with van der Waals surface area (Å²) >= 11 is 22.3. The van der Waals surface area contributed by atoms with Crippen LogP contribution in [-0.4, -0.2) is 70.9 Å². The predicted molar refractivity (Wildman–Crippen MR) is 151 cm³/mol. The number of hydrogen-bond acceptors (Lipinski definition) is 10. The average molecular weight is 637 g/mol. The third-order valence-corrected chi connectivity index (χ3v) is 7.97. The fourth-order valence-corrected chi connectivity index (χ4v) is 5.50. The van der Waals surface area contributed by atoms with Gasteiger partial charge in [-0.25, -0.2) is 19.7 Å². The second kappa shape index (κ2) is 12.1. The highest BCUT2D eigenvalue weighted by atomic mass is 35.6. The van der Waals surface area contributed by atoms with E-state index in [0.29, 0.717) is 64.9 Å². The molecule has 0 saturated heterocycles. The Morgan fingerprint density at radius 1 is 1.13 bits per heavy atom. The molecule has 0 saturated carbocycles. The number of alkyl carbamates (subject to hydrolysis) is 1. The number of imide groups is 1. The second-order valence-electron chi connectivity index (χ2n) is 9.46. The van der Waals surface area contributed by atoms with Crippen LogP contribution in [-0.2, 0) is 26.8 Å². The summed E-state index contributed by atoms with van der Waals surface area (Å²) < 4.78 is 15.6. The van der Waals surface area contributed by atoms with Crippen LogP contribution < -0.4 is 15.5 Å². The Morgan fingerprint density at radius 2 is 1.85 bits per heavy atom. The van der Waals surface area contributed by atoms with Gasteiger partial charge in [-0.1, -0.05) is 52.5 Å². The summed E-state index contributed by atoms with van der Waals surface area (Å²) in [6.45, 7) is 4.64. The first-order valence-electron chi connectivity index (χ1n) is 11.9. The number of alkyl halides is 3. The number of anilines is 2. The Morgan fingerprint density at radius 3 is 2.54 bits per heavy atom. The molecule has 2 aliphatic heterocycles. The number of halogens is 4. The minimum absolute atomic E-state index is 0.176. The Kier molecular flexibility index (Phi) is 9.22. The molecule has 0 bridgehead atoms. The standard InChI is InChI=1S/C23H25Cl4N7O4S/c1-22(2,12-38-21(36)32-19(35)23(25,26)27)33-18-16-15(6-9-39(16)37)30-20(31-18)34-7-3-4-13(5-8-34)17-28-10-14(24)11-29-17/h4,10-11H,3,5-9,12H2,1-2H3,(H,30,31,33)(H,32,35,36). The zero-order valence-corrected chi connectivity index (χ0v) is 24.8. The fourth-order valence-electron chi connectivity index (χ4n) is 3.96. The van der Waals surface area contributed by atoms with E-state index in [0.717, 1.165) is 12.0 Å². The molecule has 4 rings (SSSR count). The maximum atomic E-state index is 12.8. The number of fused-ring (bicyclic) bond motifs is 1. The second-order valence-corrected chi connectivity index (χ2v) is 13.7. The van der Waals surface area contributed by atoms with Crippen LogP contribution in [0, 0.1) is 0 Å². The lowest BCUT2D eigenvalue weighted by molar-refractivity contribution is -0.119. The monoisotopic (exact) mass is 635 g/mol. The third-order valence-electron chi connectivity index (χ3n) is 5.80. The van der Waals surface area contributed by atoms with Crippen molar-refractivity contribution in [3.8, 4) is 0 Å². The topological polar surface area (TPSA) is 139 Å². The number of amides is 2. The van der Waals surface area contributed by atoms with E-state index in [1.54, 1.807) is 26.2 Å². The zero-order chi connectivity index (χ0) is 28.4. The molecule has 0 aliphatic carbocycles. The van der Waals surface area contributed by atoms with Gasteiger partial charge in [-0.05, 0) is 32.3 Å².